The second-order valence-corrected chi connectivity index (χ2v) is 5.90. The molecule has 1 aromatic carbocycles. The van der Waals surface area contributed by atoms with E-state index >= 15 is 0 Å². The number of carbonyl (C=O) groups is 2. The average molecular weight is 345 g/mol. The lowest BCUT2D eigenvalue weighted by Crippen LogP contribution is -2.30. The predicted molar refractivity (Wildman–Crippen MR) is 86.9 cm³/mol. The first-order valence-corrected chi connectivity index (χ1v) is 8.04. The van der Waals surface area contributed by atoms with Gasteiger partial charge in [-0.25, -0.2) is 0 Å². The molecule has 132 valence electrons. The molecule has 0 aliphatic carbocycles. The molecular formula is C17H19N3O5. The maximum Gasteiger partial charge on any atom is 0.308 e. The average Bonchev–Trinajstić information content (AvgIpc) is 3.29. The van der Waals surface area contributed by atoms with Gasteiger partial charge >= 0.3 is 5.97 Å². The van der Waals surface area contributed by atoms with Gasteiger partial charge in [-0.15, -0.1) is 0 Å². The van der Waals surface area contributed by atoms with Crippen LogP contribution in [0.25, 0.3) is 11.4 Å². The fourth-order valence-electron chi connectivity index (χ4n) is 2.77. The third-order valence-corrected chi connectivity index (χ3v) is 4.26. The third kappa shape index (κ3) is 3.96. The minimum absolute atomic E-state index is 0.0899. The number of nitrogens with zero attached hydrogens (tertiary/aromatic N) is 3. The molecule has 8 nitrogen and oxygen atoms in total. The molecule has 0 radical (unpaired) electrons. The molecule has 2 heterocycles. The second kappa shape index (κ2) is 7.33. The topological polar surface area (TPSA) is 106 Å². The zero-order valence-electron chi connectivity index (χ0n) is 13.8. The first kappa shape index (κ1) is 16.9. The van der Waals surface area contributed by atoms with Crippen LogP contribution in [0.3, 0.4) is 0 Å². The summed E-state index contributed by atoms with van der Waals surface area (Å²) in [6, 6.07) is 7.27. The van der Waals surface area contributed by atoms with Crippen molar-refractivity contribution in [2.24, 2.45) is 5.92 Å². The van der Waals surface area contributed by atoms with Gasteiger partial charge in [-0.1, -0.05) is 5.16 Å². The van der Waals surface area contributed by atoms with Gasteiger partial charge in [-0.2, -0.15) is 4.98 Å². The quantitative estimate of drug-likeness (QED) is 0.848. The van der Waals surface area contributed by atoms with Crippen molar-refractivity contribution < 1.29 is 24.0 Å². The van der Waals surface area contributed by atoms with Gasteiger partial charge in [0.05, 0.1) is 13.0 Å². The fourth-order valence-corrected chi connectivity index (χ4v) is 2.77. The van der Waals surface area contributed by atoms with Crippen LogP contribution in [0.2, 0.25) is 0 Å². The fraction of sp³-hybridized carbons (Fsp3) is 0.412. The molecule has 1 fully saturated rings. The molecule has 0 spiro atoms. The van der Waals surface area contributed by atoms with Gasteiger partial charge < -0.3 is 19.3 Å². The van der Waals surface area contributed by atoms with Crippen molar-refractivity contribution in [3.63, 3.8) is 0 Å². The van der Waals surface area contributed by atoms with Crippen molar-refractivity contribution in [2.45, 2.75) is 19.3 Å². The van der Waals surface area contributed by atoms with Gasteiger partial charge in [0.15, 0.2) is 0 Å². The number of rotatable bonds is 6. The molecule has 25 heavy (non-hydrogen) atoms. The van der Waals surface area contributed by atoms with Crippen LogP contribution in [-0.2, 0) is 16.0 Å². The molecule has 1 saturated heterocycles. The Bertz CT molecular complexity index is 756. The molecule has 1 aromatic heterocycles. The van der Waals surface area contributed by atoms with Crippen molar-refractivity contribution in [1.29, 1.82) is 0 Å². The molecule has 2 aromatic rings. The number of hydrogen-bond donors (Lipinski definition) is 1. The van der Waals surface area contributed by atoms with E-state index in [9.17, 15) is 9.59 Å². The number of carbonyl (C=O) groups excluding carboxylic acids is 1. The highest BCUT2D eigenvalue weighted by Gasteiger charge is 2.30. The highest BCUT2D eigenvalue weighted by atomic mass is 16.5. The Balaban J connectivity index is 1.55. The van der Waals surface area contributed by atoms with E-state index in [1.807, 2.05) is 12.1 Å². The van der Waals surface area contributed by atoms with E-state index < -0.39 is 11.9 Å². The van der Waals surface area contributed by atoms with E-state index in [1.54, 1.807) is 24.1 Å². The minimum atomic E-state index is -0.851. The van der Waals surface area contributed by atoms with Crippen molar-refractivity contribution in [1.82, 2.24) is 15.0 Å². The molecule has 1 amide bonds. The number of benzene rings is 1. The number of methoxy groups -OCH3 is 1. The normalized spacial score (nSPS) is 16.8. The summed E-state index contributed by atoms with van der Waals surface area (Å²) in [4.78, 5) is 29.0. The van der Waals surface area contributed by atoms with Crippen molar-refractivity contribution in [2.75, 3.05) is 20.2 Å². The van der Waals surface area contributed by atoms with Crippen LogP contribution in [0.5, 0.6) is 5.75 Å². The number of likely N-dealkylation sites (tertiary alicyclic amines) is 1. The maximum absolute atomic E-state index is 12.2. The van der Waals surface area contributed by atoms with Gasteiger partial charge in [-0.3, -0.25) is 9.59 Å². The van der Waals surface area contributed by atoms with E-state index in [0.717, 1.165) is 11.3 Å². The van der Waals surface area contributed by atoms with Crippen molar-refractivity contribution >= 4 is 11.9 Å². The number of carboxylic acid groups (broad SMARTS) is 1. The lowest BCUT2D eigenvalue weighted by atomic mass is 10.1. The summed E-state index contributed by atoms with van der Waals surface area (Å²) in [7, 11) is 1.59. The van der Waals surface area contributed by atoms with Gasteiger partial charge in [0.25, 0.3) is 0 Å². The molecule has 0 bridgehead atoms. The largest absolute Gasteiger partial charge is 0.497 e. The SMILES string of the molecule is COc1ccc(-c2noc(CCC(=O)N3CC[C@H](C(=O)O)C3)n2)cc1. The van der Waals surface area contributed by atoms with Crippen LogP contribution in [0.4, 0.5) is 0 Å². The first-order chi connectivity index (χ1) is 12.1. The lowest BCUT2D eigenvalue weighted by molar-refractivity contribution is -0.141. The zero-order valence-corrected chi connectivity index (χ0v) is 13.8. The molecule has 0 unspecified atom stereocenters. The van der Waals surface area contributed by atoms with Crippen molar-refractivity contribution in [3.8, 4) is 17.1 Å². The minimum Gasteiger partial charge on any atom is -0.497 e. The van der Waals surface area contributed by atoms with Crippen LogP contribution in [0.1, 0.15) is 18.7 Å². The summed E-state index contributed by atoms with van der Waals surface area (Å²) in [6.45, 7) is 0.756. The van der Waals surface area contributed by atoms with Gasteiger partial charge in [-0.05, 0) is 30.7 Å². The number of aryl methyl sites for hydroxylation is 1. The predicted octanol–water partition coefficient (Wildman–Crippen LogP) is 1.61. The standard InChI is InChI=1S/C17H19N3O5/c1-24-13-4-2-11(3-5-13)16-18-14(25-19-16)6-7-15(21)20-9-8-12(10-20)17(22)23/h2-5,12H,6-10H2,1H3,(H,22,23)/t12-/m0/s1. The van der Waals surface area contributed by atoms with Crippen LogP contribution < -0.4 is 4.74 Å². The second-order valence-electron chi connectivity index (χ2n) is 5.90. The third-order valence-electron chi connectivity index (χ3n) is 4.26. The van der Waals surface area contributed by atoms with E-state index in [2.05, 4.69) is 10.1 Å². The summed E-state index contributed by atoms with van der Waals surface area (Å²) in [5.41, 5.74) is 0.797. The molecule has 1 N–H and O–H groups in total. The molecule has 1 aliphatic rings. The summed E-state index contributed by atoms with van der Waals surface area (Å²) in [5, 5.41) is 12.9. The Hall–Kier alpha value is -2.90. The number of aliphatic carboxylic acids is 1. The number of hydrogen-bond acceptors (Lipinski definition) is 6. The molecule has 3 rings (SSSR count). The van der Waals surface area contributed by atoms with E-state index in [4.69, 9.17) is 14.4 Å². The molecule has 1 aliphatic heterocycles. The lowest BCUT2D eigenvalue weighted by Gasteiger charge is -2.14. The summed E-state index contributed by atoms with van der Waals surface area (Å²) >= 11 is 0. The Morgan fingerprint density at radius 3 is 2.76 bits per heavy atom. The summed E-state index contributed by atoms with van der Waals surface area (Å²) < 4.78 is 10.3. The maximum atomic E-state index is 12.2. The van der Waals surface area contributed by atoms with E-state index in [0.29, 0.717) is 31.1 Å². The number of carboxylic acids is 1. The summed E-state index contributed by atoms with van der Waals surface area (Å²) in [5.74, 6) is 0.173. The van der Waals surface area contributed by atoms with Gasteiger partial charge in [0.2, 0.25) is 17.6 Å². The molecule has 8 heteroatoms. The molecular weight excluding hydrogens is 326 g/mol. The highest BCUT2D eigenvalue weighted by molar-refractivity contribution is 5.78. The Morgan fingerprint density at radius 2 is 2.12 bits per heavy atom. The highest BCUT2D eigenvalue weighted by Crippen LogP contribution is 2.21. The van der Waals surface area contributed by atoms with Crippen molar-refractivity contribution in [3.05, 3.63) is 30.2 Å². The Morgan fingerprint density at radius 1 is 1.36 bits per heavy atom. The van der Waals surface area contributed by atoms with Crippen LogP contribution in [-0.4, -0.2) is 52.2 Å². The van der Waals surface area contributed by atoms with E-state index in [-0.39, 0.29) is 18.9 Å². The number of amides is 1. The van der Waals surface area contributed by atoms with Gasteiger partial charge in [0, 0.05) is 31.5 Å². The monoisotopic (exact) mass is 345 g/mol. The summed E-state index contributed by atoms with van der Waals surface area (Å²) in [6.07, 6.45) is 1.05. The smallest absolute Gasteiger partial charge is 0.308 e. The Labute approximate surface area is 144 Å². The molecule has 1 atom stereocenters. The number of ether oxygens (including phenoxy) is 1. The Kier molecular flexibility index (Phi) is 4.97. The molecule has 0 saturated carbocycles. The van der Waals surface area contributed by atoms with Crippen LogP contribution in [0.15, 0.2) is 28.8 Å². The van der Waals surface area contributed by atoms with Crippen LogP contribution >= 0.6 is 0 Å². The van der Waals surface area contributed by atoms with Crippen LogP contribution in [0, 0.1) is 5.92 Å². The first-order valence-electron chi connectivity index (χ1n) is 8.04. The van der Waals surface area contributed by atoms with E-state index in [1.165, 1.54) is 0 Å². The zero-order chi connectivity index (χ0) is 17.8. The number of aromatic nitrogens is 2. The van der Waals surface area contributed by atoms with Gasteiger partial charge in [0.1, 0.15) is 5.75 Å².